The number of carbonyl (C=O) groups excluding carboxylic acids is 1. The number of alkyl halides is 2. The van der Waals surface area contributed by atoms with Crippen molar-refractivity contribution in [1.82, 2.24) is 15.1 Å². The molecule has 2 saturated heterocycles. The summed E-state index contributed by atoms with van der Waals surface area (Å²) in [6, 6.07) is 7.22. The molecule has 3 heterocycles. The molecule has 0 bridgehead atoms. The molecule has 9 nitrogen and oxygen atoms in total. The highest BCUT2D eigenvalue weighted by Gasteiger charge is 2.36. The Morgan fingerprint density at radius 3 is 2.58 bits per heavy atom. The third-order valence-corrected chi connectivity index (χ3v) is 5.94. The zero-order chi connectivity index (χ0) is 25.7. The van der Waals surface area contributed by atoms with Gasteiger partial charge in [0.2, 0.25) is 0 Å². The van der Waals surface area contributed by atoms with Gasteiger partial charge in [-0.25, -0.2) is 9.38 Å². The van der Waals surface area contributed by atoms with Crippen LogP contribution < -0.4 is 10.1 Å². The number of amidine groups is 1. The van der Waals surface area contributed by atoms with Gasteiger partial charge in [0, 0.05) is 37.4 Å². The molecule has 2 aliphatic rings. The highest BCUT2D eigenvalue weighted by atomic mass is 19.3. The predicted octanol–water partition coefficient (Wildman–Crippen LogP) is 3.81. The summed E-state index contributed by atoms with van der Waals surface area (Å²) in [4.78, 5) is 22.1. The molecule has 190 valence electrons. The number of anilines is 1. The van der Waals surface area contributed by atoms with Crippen LogP contribution in [0.4, 0.5) is 19.0 Å². The van der Waals surface area contributed by atoms with E-state index in [1.54, 1.807) is 0 Å². The van der Waals surface area contributed by atoms with E-state index in [1.165, 1.54) is 37.3 Å². The number of likely N-dealkylation sites (tertiary alicyclic amines) is 1. The average molecular weight is 502 g/mol. The van der Waals surface area contributed by atoms with Crippen LogP contribution in [0.3, 0.4) is 0 Å². The second-order valence-corrected chi connectivity index (χ2v) is 8.48. The number of rotatable bonds is 9. The molecule has 2 aliphatic heterocycles. The number of aliphatic imine (C=N–C) groups is 2. The Labute approximate surface area is 205 Å². The number of ketones is 1. The van der Waals surface area contributed by atoms with Crippen molar-refractivity contribution >= 4 is 24.2 Å². The molecule has 0 aliphatic carbocycles. The first kappa shape index (κ1) is 25.5. The first-order valence-corrected chi connectivity index (χ1v) is 11.2. The number of halogens is 3. The van der Waals surface area contributed by atoms with Crippen molar-refractivity contribution in [3.63, 3.8) is 0 Å². The van der Waals surface area contributed by atoms with Crippen LogP contribution in [0.15, 0.2) is 52.3 Å². The van der Waals surface area contributed by atoms with Gasteiger partial charge in [0.05, 0.1) is 26.1 Å². The number of nitrogens with zero attached hydrogens (tertiary/aromatic N) is 5. The molecule has 2 atom stereocenters. The van der Waals surface area contributed by atoms with Crippen LogP contribution in [0.1, 0.15) is 17.4 Å². The van der Waals surface area contributed by atoms with E-state index in [1.807, 2.05) is 0 Å². The minimum atomic E-state index is -2.96. The van der Waals surface area contributed by atoms with E-state index in [2.05, 4.69) is 41.9 Å². The molecule has 0 saturated carbocycles. The van der Waals surface area contributed by atoms with Crippen molar-refractivity contribution in [3.8, 4) is 16.9 Å². The molecule has 2 aromatic rings. The van der Waals surface area contributed by atoms with Gasteiger partial charge in [-0.1, -0.05) is 12.1 Å². The van der Waals surface area contributed by atoms with E-state index in [-0.39, 0.29) is 35.5 Å². The molecule has 1 aromatic carbocycles. The summed E-state index contributed by atoms with van der Waals surface area (Å²) in [7, 11) is 0. The van der Waals surface area contributed by atoms with E-state index < -0.39 is 12.4 Å². The molecule has 0 radical (unpaired) electrons. The highest BCUT2D eigenvalue weighted by Crippen LogP contribution is 2.29. The van der Waals surface area contributed by atoms with E-state index in [0.29, 0.717) is 23.0 Å². The quantitative estimate of drug-likeness (QED) is 0.316. The van der Waals surface area contributed by atoms with Crippen LogP contribution in [0.5, 0.6) is 5.75 Å². The van der Waals surface area contributed by atoms with Gasteiger partial charge in [0.25, 0.3) is 0 Å². The van der Waals surface area contributed by atoms with Gasteiger partial charge < -0.3 is 14.8 Å². The summed E-state index contributed by atoms with van der Waals surface area (Å²) < 4.78 is 49.6. The zero-order valence-corrected chi connectivity index (χ0v) is 19.5. The number of nitrogens with one attached hydrogen (secondary N) is 1. The van der Waals surface area contributed by atoms with Crippen molar-refractivity contribution < 1.29 is 27.4 Å². The third-order valence-electron chi connectivity index (χ3n) is 5.94. The third kappa shape index (κ3) is 6.13. The van der Waals surface area contributed by atoms with Crippen molar-refractivity contribution in [3.05, 3.63) is 48.1 Å². The number of hydrogen-bond acceptors (Lipinski definition) is 8. The summed E-state index contributed by atoms with van der Waals surface area (Å²) in [5, 5.41) is 10.8. The molecular formula is C24H25F3N6O3. The number of benzene rings is 1. The molecule has 1 aromatic heterocycles. The number of Topliss-reactive ketones (excluding diaryl/α,β-unsaturated/α-hetero) is 1. The Morgan fingerprint density at radius 2 is 1.97 bits per heavy atom. The van der Waals surface area contributed by atoms with Crippen LogP contribution in [0.25, 0.3) is 11.1 Å². The van der Waals surface area contributed by atoms with E-state index in [0.717, 1.165) is 32.5 Å². The minimum absolute atomic E-state index is 0.0327. The highest BCUT2D eigenvalue weighted by molar-refractivity contribution is 6.06. The lowest BCUT2D eigenvalue weighted by molar-refractivity contribution is -0.0498. The fraction of sp³-hybridized carbons (Fsp3) is 0.375. The van der Waals surface area contributed by atoms with Gasteiger partial charge >= 0.3 is 6.61 Å². The molecule has 4 rings (SSSR count). The van der Waals surface area contributed by atoms with Gasteiger partial charge in [-0.3, -0.25) is 14.7 Å². The van der Waals surface area contributed by atoms with E-state index in [4.69, 9.17) is 4.74 Å². The number of hydrogen-bond donors (Lipinski definition) is 1. The van der Waals surface area contributed by atoms with Crippen molar-refractivity contribution in [2.45, 2.75) is 13.5 Å². The van der Waals surface area contributed by atoms with Crippen LogP contribution >= 0.6 is 0 Å². The van der Waals surface area contributed by atoms with Crippen LogP contribution in [-0.4, -0.2) is 73.0 Å². The number of carbonyl (C=O) groups is 1. The molecule has 1 N–H and O–H groups in total. The number of fused-ring (bicyclic) bond motifs is 1. The molecule has 0 amide bonds. The standard InChI is InChI=1S/C24H25F3N6O3/c1-14(34)22-19(15-3-5-18(6-4-15)36-24(26)27)7-21(31-32-22)30-23(20(25)8-28-2)29-13-33-9-16-11-35-12-17(16)10-33/h3-8,16-17,24H,2,9-13H2,1H3,(H,29,30,31)/b20-8+. The molecule has 2 fully saturated rings. The molecule has 2 unspecified atom stereocenters. The van der Waals surface area contributed by atoms with Crippen LogP contribution in [0.2, 0.25) is 0 Å². The maximum atomic E-state index is 14.8. The Bertz CT molecular complexity index is 1160. The number of ether oxygens (including phenoxy) is 2. The second kappa shape index (κ2) is 11.4. The smallest absolute Gasteiger partial charge is 0.387 e. The topological polar surface area (TPSA) is 101 Å². The largest absolute Gasteiger partial charge is 0.435 e. The Kier molecular flexibility index (Phi) is 8.06. The van der Waals surface area contributed by atoms with Gasteiger partial charge in [0.15, 0.2) is 23.3 Å². The first-order chi connectivity index (χ1) is 17.3. The second-order valence-electron chi connectivity index (χ2n) is 8.48. The Hall–Kier alpha value is -3.64. The van der Waals surface area contributed by atoms with Crippen molar-refractivity contribution in [1.29, 1.82) is 0 Å². The normalized spacial score (nSPS) is 20.5. The fourth-order valence-electron chi connectivity index (χ4n) is 4.26. The summed E-state index contributed by atoms with van der Waals surface area (Å²) in [6.07, 6.45) is 0.929. The first-order valence-electron chi connectivity index (χ1n) is 11.2. The van der Waals surface area contributed by atoms with Gasteiger partial charge in [-0.15, -0.1) is 10.2 Å². The van der Waals surface area contributed by atoms with Gasteiger partial charge in [-0.2, -0.15) is 8.78 Å². The Morgan fingerprint density at radius 1 is 1.28 bits per heavy atom. The summed E-state index contributed by atoms with van der Waals surface area (Å²) in [5.41, 5.74) is 0.950. The maximum Gasteiger partial charge on any atom is 0.387 e. The number of aromatic nitrogens is 2. The summed E-state index contributed by atoms with van der Waals surface area (Å²) in [6.45, 7) is 4.98. The summed E-state index contributed by atoms with van der Waals surface area (Å²) in [5.74, 6) is -0.215. The van der Waals surface area contributed by atoms with Crippen molar-refractivity contribution in [2.75, 3.05) is 38.3 Å². The lowest BCUT2D eigenvalue weighted by atomic mass is 10.0. The van der Waals surface area contributed by atoms with E-state index >= 15 is 0 Å². The molecule has 36 heavy (non-hydrogen) atoms. The van der Waals surface area contributed by atoms with Gasteiger partial charge in [0.1, 0.15) is 11.4 Å². The zero-order valence-electron chi connectivity index (χ0n) is 19.5. The lowest BCUT2D eigenvalue weighted by Crippen LogP contribution is -2.25. The molecule has 0 spiro atoms. The SMILES string of the molecule is C=N/C=C(F)\C(=N/CN1CC2COCC2C1)Nc1cc(-c2ccc(OC(F)F)cc2)c(C(C)=O)nn1. The van der Waals surface area contributed by atoms with Crippen molar-refractivity contribution in [2.24, 2.45) is 21.8 Å². The van der Waals surface area contributed by atoms with Gasteiger partial charge in [-0.05, 0) is 30.5 Å². The Balaban J connectivity index is 1.58. The monoisotopic (exact) mass is 502 g/mol. The lowest BCUT2D eigenvalue weighted by Gasteiger charge is -2.15. The average Bonchev–Trinajstić information content (AvgIpc) is 3.44. The molecular weight excluding hydrogens is 477 g/mol. The van der Waals surface area contributed by atoms with E-state index in [9.17, 15) is 18.0 Å². The molecule has 12 heteroatoms. The minimum Gasteiger partial charge on any atom is -0.435 e. The predicted molar refractivity (Wildman–Crippen MR) is 128 cm³/mol. The van der Waals surface area contributed by atoms with Crippen LogP contribution in [-0.2, 0) is 4.74 Å². The fourth-order valence-corrected chi connectivity index (χ4v) is 4.26. The van der Waals surface area contributed by atoms with Crippen LogP contribution in [0, 0.1) is 11.8 Å². The summed E-state index contributed by atoms with van der Waals surface area (Å²) >= 11 is 0. The maximum absolute atomic E-state index is 14.8.